The molecular formula is C22H26N2O2. The maximum Gasteiger partial charge on any atom is 0.255 e. The minimum atomic E-state index is -0.128. The van der Waals surface area contributed by atoms with E-state index < -0.39 is 0 Å². The number of carbonyl (C=O) groups excluding carboxylic acids is 2. The van der Waals surface area contributed by atoms with Crippen LogP contribution in [0, 0.1) is 12.8 Å². The molecule has 0 unspecified atom stereocenters. The zero-order chi connectivity index (χ0) is 18.4. The lowest BCUT2D eigenvalue weighted by molar-refractivity contribution is -0.126. The van der Waals surface area contributed by atoms with Crippen LogP contribution < -0.4 is 10.6 Å². The average molecular weight is 350 g/mol. The highest BCUT2D eigenvalue weighted by molar-refractivity contribution is 6.04. The predicted octanol–water partition coefficient (Wildman–Crippen LogP) is 4.44. The predicted molar refractivity (Wildman–Crippen MR) is 104 cm³/mol. The Morgan fingerprint density at radius 2 is 1.65 bits per heavy atom. The van der Waals surface area contributed by atoms with E-state index in [0.717, 1.165) is 42.5 Å². The van der Waals surface area contributed by atoms with Gasteiger partial charge in [0.2, 0.25) is 5.91 Å². The number of amides is 2. The highest BCUT2D eigenvalue weighted by atomic mass is 16.2. The first kappa shape index (κ1) is 18.2. The van der Waals surface area contributed by atoms with Crippen LogP contribution in [-0.2, 0) is 11.3 Å². The first-order valence-corrected chi connectivity index (χ1v) is 9.37. The van der Waals surface area contributed by atoms with Crippen LogP contribution >= 0.6 is 0 Å². The summed E-state index contributed by atoms with van der Waals surface area (Å²) < 4.78 is 0. The molecule has 0 saturated heterocycles. The Morgan fingerprint density at radius 3 is 2.35 bits per heavy atom. The maximum atomic E-state index is 12.4. The fourth-order valence-corrected chi connectivity index (χ4v) is 3.38. The number of nitrogens with one attached hydrogen (secondary N) is 2. The van der Waals surface area contributed by atoms with Crippen molar-refractivity contribution >= 4 is 17.5 Å². The largest absolute Gasteiger partial charge is 0.352 e. The Bertz CT molecular complexity index is 762. The molecule has 1 saturated carbocycles. The highest BCUT2D eigenvalue weighted by Crippen LogP contribution is 2.23. The molecule has 0 aliphatic heterocycles. The summed E-state index contributed by atoms with van der Waals surface area (Å²) >= 11 is 0. The monoisotopic (exact) mass is 350 g/mol. The third kappa shape index (κ3) is 4.72. The van der Waals surface area contributed by atoms with Crippen molar-refractivity contribution in [3.8, 4) is 0 Å². The van der Waals surface area contributed by atoms with E-state index in [2.05, 4.69) is 10.6 Å². The Morgan fingerprint density at radius 1 is 0.962 bits per heavy atom. The number of hydrogen-bond donors (Lipinski definition) is 2. The van der Waals surface area contributed by atoms with Gasteiger partial charge < -0.3 is 10.6 Å². The Hall–Kier alpha value is -2.62. The van der Waals surface area contributed by atoms with Crippen LogP contribution in [0.25, 0.3) is 0 Å². The number of aryl methyl sites for hydroxylation is 1. The van der Waals surface area contributed by atoms with Crippen LogP contribution in [0.5, 0.6) is 0 Å². The lowest BCUT2D eigenvalue weighted by atomic mass is 9.88. The number of hydrogen-bond acceptors (Lipinski definition) is 2. The van der Waals surface area contributed by atoms with Gasteiger partial charge in [0.25, 0.3) is 5.91 Å². The van der Waals surface area contributed by atoms with Gasteiger partial charge in [-0.3, -0.25) is 9.59 Å². The van der Waals surface area contributed by atoms with E-state index in [1.807, 2.05) is 43.3 Å². The molecule has 0 aromatic heterocycles. The van der Waals surface area contributed by atoms with Gasteiger partial charge in [0, 0.05) is 23.7 Å². The highest BCUT2D eigenvalue weighted by Gasteiger charge is 2.20. The zero-order valence-corrected chi connectivity index (χ0v) is 15.3. The van der Waals surface area contributed by atoms with Gasteiger partial charge >= 0.3 is 0 Å². The smallest absolute Gasteiger partial charge is 0.255 e. The Balaban J connectivity index is 1.53. The molecule has 2 amide bonds. The third-order valence-electron chi connectivity index (χ3n) is 5.05. The average Bonchev–Trinajstić information content (AvgIpc) is 2.69. The van der Waals surface area contributed by atoms with Crippen LogP contribution in [0.2, 0.25) is 0 Å². The number of para-hydroxylation sites is 1. The molecule has 2 N–H and O–H groups in total. The van der Waals surface area contributed by atoms with Crippen LogP contribution in [-0.4, -0.2) is 11.8 Å². The molecule has 1 aliphatic rings. The quantitative estimate of drug-likeness (QED) is 0.837. The molecule has 136 valence electrons. The summed E-state index contributed by atoms with van der Waals surface area (Å²) in [6, 6.07) is 15.1. The van der Waals surface area contributed by atoms with Crippen molar-refractivity contribution in [1.82, 2.24) is 5.32 Å². The summed E-state index contributed by atoms with van der Waals surface area (Å²) in [5, 5.41) is 5.96. The molecule has 0 radical (unpaired) electrons. The van der Waals surface area contributed by atoms with E-state index in [0.29, 0.717) is 12.1 Å². The van der Waals surface area contributed by atoms with E-state index in [1.54, 1.807) is 12.1 Å². The molecule has 1 aliphatic carbocycles. The molecule has 3 rings (SSSR count). The van der Waals surface area contributed by atoms with Gasteiger partial charge in [0.05, 0.1) is 0 Å². The molecule has 0 spiro atoms. The van der Waals surface area contributed by atoms with Crippen molar-refractivity contribution in [1.29, 1.82) is 0 Å². The van der Waals surface area contributed by atoms with Crippen molar-refractivity contribution in [2.24, 2.45) is 5.92 Å². The van der Waals surface area contributed by atoms with Crippen molar-refractivity contribution < 1.29 is 9.59 Å². The standard InChI is InChI=1S/C22H26N2O2/c1-16-7-5-6-10-20(16)24-22(26)19-13-11-17(12-14-19)15-23-21(25)18-8-3-2-4-9-18/h5-7,10-14,18H,2-4,8-9,15H2,1H3,(H,23,25)(H,24,26). The topological polar surface area (TPSA) is 58.2 Å². The molecule has 26 heavy (non-hydrogen) atoms. The fraction of sp³-hybridized carbons (Fsp3) is 0.364. The van der Waals surface area contributed by atoms with Gasteiger partial charge in [0.15, 0.2) is 0 Å². The summed E-state index contributed by atoms with van der Waals surface area (Å²) in [4.78, 5) is 24.6. The molecule has 2 aromatic carbocycles. The number of carbonyl (C=O) groups is 2. The van der Waals surface area contributed by atoms with Crippen LogP contribution in [0.1, 0.15) is 53.6 Å². The molecule has 0 heterocycles. The molecule has 0 bridgehead atoms. The second-order valence-corrected chi connectivity index (χ2v) is 7.02. The van der Waals surface area contributed by atoms with Crippen LogP contribution in [0.4, 0.5) is 5.69 Å². The summed E-state index contributed by atoms with van der Waals surface area (Å²) in [5.74, 6) is 0.200. The lowest BCUT2D eigenvalue weighted by Crippen LogP contribution is -2.31. The second-order valence-electron chi connectivity index (χ2n) is 7.02. The van der Waals surface area contributed by atoms with Gasteiger partial charge in [-0.15, -0.1) is 0 Å². The summed E-state index contributed by atoms with van der Waals surface area (Å²) in [7, 11) is 0. The molecule has 4 nitrogen and oxygen atoms in total. The van der Waals surface area contributed by atoms with Crippen molar-refractivity contribution in [2.75, 3.05) is 5.32 Å². The second kappa shape index (κ2) is 8.65. The summed E-state index contributed by atoms with van der Waals surface area (Å²) in [6.07, 6.45) is 5.56. The van der Waals surface area contributed by atoms with Gasteiger partial charge in [-0.05, 0) is 49.1 Å². The summed E-state index contributed by atoms with van der Waals surface area (Å²) in [5.41, 5.74) is 3.46. The molecular weight excluding hydrogens is 324 g/mol. The van der Waals surface area contributed by atoms with Crippen LogP contribution in [0.15, 0.2) is 48.5 Å². The van der Waals surface area contributed by atoms with Crippen LogP contribution in [0.3, 0.4) is 0 Å². The Labute approximate surface area is 155 Å². The van der Waals surface area contributed by atoms with E-state index in [1.165, 1.54) is 6.42 Å². The lowest BCUT2D eigenvalue weighted by Gasteiger charge is -2.20. The van der Waals surface area contributed by atoms with Gasteiger partial charge in [-0.1, -0.05) is 49.6 Å². The third-order valence-corrected chi connectivity index (χ3v) is 5.05. The Kier molecular flexibility index (Phi) is 6.05. The van der Waals surface area contributed by atoms with E-state index in [9.17, 15) is 9.59 Å². The van der Waals surface area contributed by atoms with Crippen molar-refractivity contribution in [3.63, 3.8) is 0 Å². The first-order valence-electron chi connectivity index (χ1n) is 9.37. The molecule has 0 atom stereocenters. The van der Waals surface area contributed by atoms with Gasteiger partial charge in [0.1, 0.15) is 0 Å². The molecule has 4 heteroatoms. The zero-order valence-electron chi connectivity index (χ0n) is 15.3. The summed E-state index contributed by atoms with van der Waals surface area (Å²) in [6.45, 7) is 2.47. The van der Waals surface area contributed by atoms with E-state index in [-0.39, 0.29) is 17.7 Å². The SMILES string of the molecule is Cc1ccccc1NC(=O)c1ccc(CNC(=O)C2CCCCC2)cc1. The fourth-order valence-electron chi connectivity index (χ4n) is 3.38. The number of anilines is 1. The maximum absolute atomic E-state index is 12.4. The van der Waals surface area contributed by atoms with Crippen molar-refractivity contribution in [3.05, 3.63) is 65.2 Å². The number of rotatable bonds is 5. The van der Waals surface area contributed by atoms with Crippen molar-refractivity contribution in [2.45, 2.75) is 45.6 Å². The van der Waals surface area contributed by atoms with Gasteiger partial charge in [-0.25, -0.2) is 0 Å². The molecule has 2 aromatic rings. The number of benzene rings is 2. The first-order chi connectivity index (χ1) is 12.6. The van der Waals surface area contributed by atoms with E-state index in [4.69, 9.17) is 0 Å². The molecule has 1 fully saturated rings. The van der Waals surface area contributed by atoms with E-state index >= 15 is 0 Å². The van der Waals surface area contributed by atoms with Gasteiger partial charge in [-0.2, -0.15) is 0 Å². The minimum Gasteiger partial charge on any atom is -0.352 e. The minimum absolute atomic E-state index is 0.128. The normalized spacial score (nSPS) is 14.7.